The van der Waals surface area contributed by atoms with Crippen LogP contribution in [-0.4, -0.2) is 9.55 Å². The molecule has 1 aromatic heterocycles. The largest absolute Gasteiger partial charge is 0.416 e. The smallest absolute Gasteiger partial charge is 0.329 e. The molecule has 1 aliphatic heterocycles. The van der Waals surface area contributed by atoms with E-state index in [0.29, 0.717) is 18.0 Å². The van der Waals surface area contributed by atoms with E-state index in [1.807, 2.05) is 6.20 Å². The van der Waals surface area contributed by atoms with E-state index in [4.69, 9.17) is 0 Å². The molecule has 1 aromatic carbocycles. The van der Waals surface area contributed by atoms with E-state index in [2.05, 4.69) is 16.5 Å². The number of fused-ring (bicyclic) bond motifs is 1. The fraction of sp³-hybridized carbons (Fsp3) is 0.438. The van der Waals surface area contributed by atoms with Crippen LogP contribution in [0.15, 0.2) is 30.5 Å². The number of halogens is 3. The molecule has 0 fully saturated rings. The molecule has 2 heterocycles. The van der Waals surface area contributed by atoms with Crippen molar-refractivity contribution in [1.82, 2.24) is 9.55 Å². The van der Waals surface area contributed by atoms with Crippen molar-refractivity contribution in [1.29, 1.82) is 0 Å². The van der Waals surface area contributed by atoms with Crippen LogP contribution in [0.5, 0.6) is 0 Å². The Kier molecular flexibility index (Phi) is 3.51. The second-order valence-electron chi connectivity index (χ2n) is 5.65. The number of aryl methyl sites for hydroxylation is 1. The number of aromatic nitrogens is 2. The lowest BCUT2D eigenvalue weighted by Crippen LogP contribution is -2.17. The number of nitrogens with zero attached hydrogens (tertiary/aromatic N) is 2. The lowest BCUT2D eigenvalue weighted by Gasteiger charge is -2.24. The molecule has 0 bridgehead atoms. The number of hydrogen-bond donors (Lipinski definition) is 0. The third-order valence-electron chi connectivity index (χ3n) is 4.06. The number of alkyl halides is 3. The maximum atomic E-state index is 12.8. The van der Waals surface area contributed by atoms with E-state index in [0.717, 1.165) is 31.2 Å². The molecule has 112 valence electrons. The van der Waals surface area contributed by atoms with Crippen molar-refractivity contribution in [3.8, 4) is 0 Å². The van der Waals surface area contributed by atoms with Gasteiger partial charge in [-0.15, -0.1) is 0 Å². The summed E-state index contributed by atoms with van der Waals surface area (Å²) < 4.78 is 40.5. The molecule has 3 rings (SSSR count). The van der Waals surface area contributed by atoms with Gasteiger partial charge < -0.3 is 4.57 Å². The standard InChI is InChI=1S/C16H17F3N2/c1-11-4-2-7-14-10-20-15(21(11)14)9-12-5-3-6-13(8-12)16(17,18)19/h3,5-6,8,10-11H,2,4,7,9H2,1H3. The summed E-state index contributed by atoms with van der Waals surface area (Å²) in [7, 11) is 0. The maximum Gasteiger partial charge on any atom is 0.416 e. The van der Waals surface area contributed by atoms with Gasteiger partial charge in [0, 0.05) is 24.4 Å². The minimum absolute atomic E-state index is 0.372. The lowest BCUT2D eigenvalue weighted by molar-refractivity contribution is -0.137. The summed E-state index contributed by atoms with van der Waals surface area (Å²) in [5, 5.41) is 0. The van der Waals surface area contributed by atoms with Crippen LogP contribution in [-0.2, 0) is 19.0 Å². The highest BCUT2D eigenvalue weighted by molar-refractivity contribution is 5.28. The molecule has 0 saturated carbocycles. The Morgan fingerprint density at radius 2 is 2.14 bits per heavy atom. The van der Waals surface area contributed by atoms with Gasteiger partial charge in [0.15, 0.2) is 0 Å². The van der Waals surface area contributed by atoms with Gasteiger partial charge in [-0.1, -0.05) is 18.2 Å². The predicted octanol–water partition coefficient (Wildman–Crippen LogP) is 4.39. The summed E-state index contributed by atoms with van der Waals surface area (Å²) >= 11 is 0. The molecule has 5 heteroatoms. The zero-order chi connectivity index (χ0) is 15.0. The average Bonchev–Trinajstić information content (AvgIpc) is 2.83. The monoisotopic (exact) mass is 294 g/mol. The van der Waals surface area contributed by atoms with Crippen molar-refractivity contribution < 1.29 is 13.2 Å². The van der Waals surface area contributed by atoms with Crippen LogP contribution in [0.4, 0.5) is 13.2 Å². The van der Waals surface area contributed by atoms with E-state index in [1.165, 1.54) is 17.8 Å². The number of rotatable bonds is 2. The molecule has 1 atom stereocenters. The summed E-state index contributed by atoms with van der Waals surface area (Å²) in [6.45, 7) is 2.14. The van der Waals surface area contributed by atoms with Crippen LogP contribution < -0.4 is 0 Å². The fourth-order valence-electron chi connectivity index (χ4n) is 3.04. The Morgan fingerprint density at radius 3 is 2.90 bits per heavy atom. The average molecular weight is 294 g/mol. The van der Waals surface area contributed by atoms with Crippen LogP contribution in [0.25, 0.3) is 0 Å². The molecule has 0 N–H and O–H groups in total. The summed E-state index contributed by atoms with van der Waals surface area (Å²) in [5.41, 5.74) is 1.24. The lowest BCUT2D eigenvalue weighted by atomic mass is 10.0. The Labute approximate surface area is 121 Å². The topological polar surface area (TPSA) is 17.8 Å². The SMILES string of the molecule is CC1CCCc2cnc(Cc3cccc(C(F)(F)F)c3)n21. The second kappa shape index (κ2) is 5.20. The first-order valence-electron chi connectivity index (χ1n) is 7.16. The number of benzene rings is 1. The molecule has 2 nitrogen and oxygen atoms in total. The molecule has 0 saturated heterocycles. The highest BCUT2D eigenvalue weighted by atomic mass is 19.4. The molecule has 2 aromatic rings. The van der Waals surface area contributed by atoms with E-state index in [9.17, 15) is 13.2 Å². The zero-order valence-electron chi connectivity index (χ0n) is 11.8. The van der Waals surface area contributed by atoms with E-state index >= 15 is 0 Å². The van der Waals surface area contributed by atoms with Gasteiger partial charge in [0.2, 0.25) is 0 Å². The molecule has 0 amide bonds. The summed E-state index contributed by atoms with van der Waals surface area (Å²) in [6, 6.07) is 5.88. The third kappa shape index (κ3) is 2.82. The first-order valence-corrected chi connectivity index (χ1v) is 7.16. The van der Waals surface area contributed by atoms with E-state index in [1.54, 1.807) is 6.07 Å². The summed E-state index contributed by atoms with van der Waals surface area (Å²) in [4.78, 5) is 4.42. The molecular formula is C16H17F3N2. The molecule has 21 heavy (non-hydrogen) atoms. The van der Waals surface area contributed by atoms with Gasteiger partial charge in [-0.3, -0.25) is 0 Å². The summed E-state index contributed by atoms with van der Waals surface area (Å²) in [5.74, 6) is 0.858. The summed E-state index contributed by atoms with van der Waals surface area (Å²) in [6.07, 6.45) is 1.25. The van der Waals surface area contributed by atoms with Gasteiger partial charge in [-0.25, -0.2) is 4.98 Å². The van der Waals surface area contributed by atoms with E-state index in [-0.39, 0.29) is 0 Å². The second-order valence-corrected chi connectivity index (χ2v) is 5.65. The highest BCUT2D eigenvalue weighted by Crippen LogP contribution is 2.31. The van der Waals surface area contributed by atoms with E-state index < -0.39 is 11.7 Å². The Bertz CT molecular complexity index is 643. The molecule has 1 unspecified atom stereocenters. The van der Waals surface area contributed by atoms with Crippen LogP contribution in [0.2, 0.25) is 0 Å². The Hall–Kier alpha value is -1.78. The molecule has 0 radical (unpaired) electrons. The molecule has 0 spiro atoms. The van der Waals surface area contributed by atoms with Crippen LogP contribution in [0.1, 0.15) is 48.5 Å². The van der Waals surface area contributed by atoms with Crippen molar-refractivity contribution in [3.63, 3.8) is 0 Å². The van der Waals surface area contributed by atoms with Crippen LogP contribution >= 0.6 is 0 Å². The maximum absolute atomic E-state index is 12.8. The van der Waals surface area contributed by atoms with Crippen molar-refractivity contribution in [2.75, 3.05) is 0 Å². The highest BCUT2D eigenvalue weighted by Gasteiger charge is 2.30. The molecule has 0 aliphatic carbocycles. The van der Waals surface area contributed by atoms with Gasteiger partial charge in [-0.05, 0) is 37.8 Å². The van der Waals surface area contributed by atoms with Gasteiger partial charge in [-0.2, -0.15) is 13.2 Å². The first-order chi connectivity index (χ1) is 9.95. The zero-order valence-corrected chi connectivity index (χ0v) is 11.8. The van der Waals surface area contributed by atoms with Crippen LogP contribution in [0.3, 0.4) is 0 Å². The Morgan fingerprint density at radius 1 is 1.33 bits per heavy atom. The van der Waals surface area contributed by atoms with Gasteiger partial charge >= 0.3 is 6.18 Å². The Balaban J connectivity index is 1.90. The van der Waals surface area contributed by atoms with Gasteiger partial charge in [0.05, 0.1) is 5.56 Å². The van der Waals surface area contributed by atoms with Crippen LogP contribution in [0, 0.1) is 0 Å². The number of hydrogen-bond acceptors (Lipinski definition) is 1. The minimum Gasteiger partial charge on any atom is -0.329 e. The predicted molar refractivity (Wildman–Crippen MR) is 74.1 cm³/mol. The van der Waals surface area contributed by atoms with Crippen molar-refractivity contribution in [3.05, 3.63) is 53.1 Å². The molecule has 1 aliphatic rings. The normalized spacial score (nSPS) is 18.6. The number of imidazole rings is 1. The third-order valence-corrected chi connectivity index (χ3v) is 4.06. The van der Waals surface area contributed by atoms with Crippen molar-refractivity contribution in [2.45, 2.75) is 44.8 Å². The first kappa shape index (κ1) is 14.2. The van der Waals surface area contributed by atoms with Crippen molar-refractivity contribution >= 4 is 0 Å². The minimum atomic E-state index is -4.30. The van der Waals surface area contributed by atoms with Gasteiger partial charge in [0.25, 0.3) is 0 Å². The molecular weight excluding hydrogens is 277 g/mol. The quantitative estimate of drug-likeness (QED) is 0.803. The van der Waals surface area contributed by atoms with Crippen molar-refractivity contribution in [2.24, 2.45) is 0 Å². The fourth-order valence-corrected chi connectivity index (χ4v) is 3.04. The van der Waals surface area contributed by atoms with Gasteiger partial charge in [0.1, 0.15) is 5.82 Å².